The molecule has 0 spiro atoms. The van der Waals surface area contributed by atoms with Gasteiger partial charge >= 0.3 is 0 Å². The number of hydrogen-bond donors (Lipinski definition) is 0. The Kier molecular flexibility index (Phi) is 5.75. The highest BCUT2D eigenvalue weighted by Gasteiger charge is 2.27. The van der Waals surface area contributed by atoms with Crippen LogP contribution in [0, 0.1) is 0 Å². The third kappa shape index (κ3) is 4.04. The van der Waals surface area contributed by atoms with E-state index in [1.165, 1.54) is 24.5 Å². The van der Waals surface area contributed by atoms with Crippen molar-refractivity contribution in [1.82, 2.24) is 9.88 Å². The van der Waals surface area contributed by atoms with Crippen LogP contribution in [0.3, 0.4) is 0 Å². The summed E-state index contributed by atoms with van der Waals surface area (Å²) in [5.74, 6) is 0.0131. The van der Waals surface area contributed by atoms with E-state index in [0.717, 1.165) is 48.1 Å². The van der Waals surface area contributed by atoms with Crippen molar-refractivity contribution in [3.05, 3.63) is 64.5 Å². The van der Waals surface area contributed by atoms with Gasteiger partial charge in [-0.15, -0.1) is 0 Å². The van der Waals surface area contributed by atoms with Crippen molar-refractivity contribution in [3.63, 3.8) is 0 Å². The van der Waals surface area contributed by atoms with E-state index in [2.05, 4.69) is 6.07 Å². The zero-order chi connectivity index (χ0) is 21.3. The Labute approximate surface area is 177 Å². The summed E-state index contributed by atoms with van der Waals surface area (Å²) >= 11 is 0. The highest BCUT2D eigenvalue weighted by Crippen LogP contribution is 2.38. The number of carbonyl (C=O) groups is 1. The molecule has 4 rings (SSSR count). The smallest absolute Gasteiger partial charge is 0.248 e. The number of piperidine rings is 1. The topological polar surface area (TPSA) is 76.6 Å². The van der Waals surface area contributed by atoms with E-state index in [0.29, 0.717) is 18.0 Å². The Hall–Kier alpha value is -2.51. The van der Waals surface area contributed by atoms with Gasteiger partial charge < -0.3 is 9.64 Å². The zero-order valence-corrected chi connectivity index (χ0v) is 18.2. The van der Waals surface area contributed by atoms with Gasteiger partial charge in [0.2, 0.25) is 5.91 Å². The molecular weight excluding hydrogens is 400 g/mol. The van der Waals surface area contributed by atoms with E-state index in [1.807, 2.05) is 29.3 Å². The predicted molar refractivity (Wildman–Crippen MR) is 115 cm³/mol. The number of fused-ring (bicyclic) bond motifs is 2. The molecule has 0 N–H and O–H groups in total. The van der Waals surface area contributed by atoms with Crippen molar-refractivity contribution in [2.45, 2.75) is 30.6 Å². The lowest BCUT2D eigenvalue weighted by atomic mass is 9.88. The zero-order valence-electron chi connectivity index (χ0n) is 17.3. The Morgan fingerprint density at radius 2 is 1.83 bits per heavy atom. The number of rotatable bonds is 3. The van der Waals surface area contributed by atoms with Crippen LogP contribution in [0.15, 0.2) is 47.0 Å². The number of likely N-dealkylation sites (tertiary alicyclic amines) is 1. The Morgan fingerprint density at radius 1 is 1.10 bits per heavy atom. The average Bonchev–Trinajstić information content (AvgIpc) is 2.90. The minimum atomic E-state index is -3.27. The van der Waals surface area contributed by atoms with Crippen LogP contribution in [0.2, 0.25) is 0 Å². The number of carbonyl (C=O) groups excluding carboxylic acids is 1. The van der Waals surface area contributed by atoms with Crippen LogP contribution >= 0.6 is 0 Å². The first kappa shape index (κ1) is 20.8. The van der Waals surface area contributed by atoms with Crippen LogP contribution in [0.4, 0.5) is 0 Å². The van der Waals surface area contributed by atoms with Gasteiger partial charge in [0.25, 0.3) is 0 Å². The summed E-state index contributed by atoms with van der Waals surface area (Å²) < 4.78 is 29.2. The second kappa shape index (κ2) is 8.32. The lowest BCUT2D eigenvalue weighted by molar-refractivity contribution is -0.135. The van der Waals surface area contributed by atoms with E-state index >= 15 is 0 Å². The maximum atomic E-state index is 12.2. The largest absolute Gasteiger partial charge is 0.375 e. The molecule has 1 saturated heterocycles. The summed E-state index contributed by atoms with van der Waals surface area (Å²) in [5.41, 5.74) is 6.64. The molecule has 0 saturated carbocycles. The number of pyridine rings is 1. The molecule has 0 atom stereocenters. The Bertz CT molecular complexity index is 1110. The van der Waals surface area contributed by atoms with Gasteiger partial charge in [-0.3, -0.25) is 9.78 Å². The van der Waals surface area contributed by atoms with Crippen LogP contribution in [-0.4, -0.2) is 57.3 Å². The highest BCUT2D eigenvalue weighted by atomic mass is 32.2. The summed E-state index contributed by atoms with van der Waals surface area (Å²) in [6.45, 7) is 1.41. The number of methoxy groups -OCH3 is 1. The maximum absolute atomic E-state index is 12.2. The fourth-order valence-electron chi connectivity index (χ4n) is 4.36. The summed E-state index contributed by atoms with van der Waals surface area (Å²) in [5, 5.41) is 0. The second-order valence-corrected chi connectivity index (χ2v) is 9.91. The standard InChI is InChI=1S/C23H26N2O4S/c1-29-15-21(26)25-12-9-16(10-13-25)22-20-8-7-19(30(2,27)28)14-18(20)6-5-17-4-3-11-24-23(17)22/h3-4,7-8,11,14H,5-6,9-10,12-13,15H2,1-2H3. The quantitative estimate of drug-likeness (QED) is 0.754. The minimum absolute atomic E-state index is 0.0131. The van der Waals surface area contributed by atoms with Crippen molar-refractivity contribution in [2.75, 3.05) is 33.1 Å². The van der Waals surface area contributed by atoms with Crippen molar-refractivity contribution >= 4 is 21.3 Å². The number of ether oxygens (including phenoxy) is 1. The SMILES string of the molecule is COCC(=O)N1CCC(=C2c3ccc(S(C)(=O)=O)cc3CCc3cccnc32)CC1. The van der Waals surface area contributed by atoms with E-state index in [1.54, 1.807) is 6.07 Å². The summed E-state index contributed by atoms with van der Waals surface area (Å²) in [6, 6.07) is 9.49. The summed E-state index contributed by atoms with van der Waals surface area (Å²) in [6.07, 6.45) is 6.19. The van der Waals surface area contributed by atoms with Gasteiger partial charge in [-0.25, -0.2) is 8.42 Å². The van der Waals surface area contributed by atoms with Crippen LogP contribution in [0.25, 0.3) is 5.57 Å². The number of aromatic nitrogens is 1. The molecule has 2 aromatic rings. The third-order valence-electron chi connectivity index (χ3n) is 5.91. The van der Waals surface area contributed by atoms with E-state index in [-0.39, 0.29) is 12.5 Å². The molecule has 0 bridgehead atoms. The lowest BCUT2D eigenvalue weighted by Gasteiger charge is -2.30. The molecule has 2 heterocycles. The molecule has 1 aromatic heterocycles. The van der Waals surface area contributed by atoms with Gasteiger partial charge in [-0.2, -0.15) is 0 Å². The van der Waals surface area contributed by atoms with Crippen molar-refractivity contribution in [1.29, 1.82) is 0 Å². The highest BCUT2D eigenvalue weighted by molar-refractivity contribution is 7.90. The van der Waals surface area contributed by atoms with Crippen LogP contribution in [0.5, 0.6) is 0 Å². The number of benzene rings is 1. The molecule has 0 unspecified atom stereocenters. The van der Waals surface area contributed by atoms with Gasteiger partial charge in [0.05, 0.1) is 10.6 Å². The monoisotopic (exact) mass is 426 g/mol. The van der Waals surface area contributed by atoms with E-state index < -0.39 is 9.84 Å². The van der Waals surface area contributed by atoms with Crippen molar-refractivity contribution in [3.8, 4) is 0 Å². The van der Waals surface area contributed by atoms with Crippen LogP contribution < -0.4 is 0 Å². The molecule has 1 aromatic carbocycles. The molecule has 1 aliphatic heterocycles. The fourth-order valence-corrected chi connectivity index (χ4v) is 5.03. The molecule has 0 radical (unpaired) electrons. The Morgan fingerprint density at radius 3 is 2.53 bits per heavy atom. The first-order valence-corrected chi connectivity index (χ1v) is 12.0. The van der Waals surface area contributed by atoms with E-state index in [4.69, 9.17) is 9.72 Å². The minimum Gasteiger partial charge on any atom is -0.375 e. The molecule has 7 heteroatoms. The maximum Gasteiger partial charge on any atom is 0.248 e. The molecule has 1 amide bonds. The fraction of sp³-hybridized carbons (Fsp3) is 0.391. The number of amides is 1. The number of aryl methyl sites for hydroxylation is 2. The van der Waals surface area contributed by atoms with Gasteiger partial charge in [0.1, 0.15) is 6.61 Å². The molecule has 30 heavy (non-hydrogen) atoms. The molecule has 1 aliphatic carbocycles. The van der Waals surface area contributed by atoms with Crippen molar-refractivity contribution < 1.29 is 17.9 Å². The summed E-state index contributed by atoms with van der Waals surface area (Å²) in [7, 11) is -1.74. The number of sulfone groups is 1. The average molecular weight is 427 g/mol. The predicted octanol–water partition coefficient (Wildman–Crippen LogP) is 2.65. The van der Waals surface area contributed by atoms with Gasteiger partial charge in [-0.1, -0.05) is 17.7 Å². The van der Waals surface area contributed by atoms with Gasteiger partial charge in [0.15, 0.2) is 9.84 Å². The lowest BCUT2D eigenvalue weighted by Crippen LogP contribution is -2.38. The number of nitrogens with zero attached hydrogens (tertiary/aromatic N) is 2. The second-order valence-electron chi connectivity index (χ2n) is 7.89. The molecule has 6 nitrogen and oxygen atoms in total. The van der Waals surface area contributed by atoms with Crippen LogP contribution in [-0.2, 0) is 32.2 Å². The van der Waals surface area contributed by atoms with Gasteiger partial charge in [-0.05, 0) is 60.6 Å². The van der Waals surface area contributed by atoms with Crippen molar-refractivity contribution in [2.24, 2.45) is 0 Å². The molecule has 2 aliphatic rings. The Balaban J connectivity index is 1.79. The first-order chi connectivity index (χ1) is 14.4. The summed E-state index contributed by atoms with van der Waals surface area (Å²) in [4.78, 5) is 19.1. The molecular formula is C23H26N2O4S. The molecule has 1 fully saturated rings. The van der Waals surface area contributed by atoms with Gasteiger partial charge in [0, 0.05) is 38.2 Å². The van der Waals surface area contributed by atoms with E-state index in [9.17, 15) is 13.2 Å². The number of hydrogen-bond acceptors (Lipinski definition) is 5. The normalized spacial score (nSPS) is 16.7. The molecule has 158 valence electrons. The first-order valence-electron chi connectivity index (χ1n) is 10.1. The third-order valence-corrected chi connectivity index (χ3v) is 7.02. The van der Waals surface area contributed by atoms with Crippen LogP contribution in [0.1, 0.15) is 35.2 Å².